The first-order valence-electron chi connectivity index (χ1n) is 8.83. The highest BCUT2D eigenvalue weighted by Crippen LogP contribution is 2.23. The number of nitrogens with one attached hydrogen (secondary N) is 3. The Bertz CT molecular complexity index is 938. The first-order chi connectivity index (χ1) is 13.4. The van der Waals surface area contributed by atoms with Gasteiger partial charge in [0.25, 0.3) is 5.91 Å². The number of benzene rings is 2. The molecule has 2 aromatic rings. The second kappa shape index (κ2) is 8.39. The Morgan fingerprint density at radius 3 is 2.50 bits per heavy atom. The first kappa shape index (κ1) is 19.2. The van der Waals surface area contributed by atoms with E-state index in [1.807, 2.05) is 38.1 Å². The Kier molecular flexibility index (Phi) is 5.74. The first-order valence-corrected chi connectivity index (χ1v) is 8.83. The number of hydrogen-bond acceptors (Lipinski definition) is 5. The summed E-state index contributed by atoms with van der Waals surface area (Å²) < 4.78 is 5.48. The standard InChI is InChI=1S/C21H21N3O4/c1-13-8-9-14(2)17(12-13)22-20(26)19(15-6-4-3-5-7-15)28-21(27)16-10-11-18(25)24-23-16/h3-10,12,19,23H,11H2,1-2H3,(H,22,26)(H,24,25)/t19-/m0/s1. The predicted octanol–water partition coefficient (Wildman–Crippen LogP) is 2.43. The van der Waals surface area contributed by atoms with Gasteiger partial charge in [0.05, 0.1) is 0 Å². The lowest BCUT2D eigenvalue weighted by atomic mass is 10.1. The van der Waals surface area contributed by atoms with Gasteiger partial charge in [-0.25, -0.2) is 4.79 Å². The van der Waals surface area contributed by atoms with Crippen molar-refractivity contribution >= 4 is 23.5 Å². The van der Waals surface area contributed by atoms with Gasteiger partial charge in [0.1, 0.15) is 5.70 Å². The molecule has 0 radical (unpaired) electrons. The summed E-state index contributed by atoms with van der Waals surface area (Å²) in [7, 11) is 0. The van der Waals surface area contributed by atoms with E-state index in [0.29, 0.717) is 11.3 Å². The normalized spacial score (nSPS) is 14.2. The van der Waals surface area contributed by atoms with Crippen LogP contribution in [0.4, 0.5) is 5.69 Å². The summed E-state index contributed by atoms with van der Waals surface area (Å²) in [6, 6.07) is 14.5. The molecule has 0 aromatic heterocycles. The van der Waals surface area contributed by atoms with E-state index in [-0.39, 0.29) is 18.0 Å². The molecule has 7 heteroatoms. The van der Waals surface area contributed by atoms with Crippen molar-refractivity contribution in [2.24, 2.45) is 0 Å². The topological polar surface area (TPSA) is 96.5 Å². The molecule has 144 valence electrons. The fraction of sp³-hybridized carbons (Fsp3) is 0.190. The van der Waals surface area contributed by atoms with Crippen molar-refractivity contribution in [2.75, 3.05) is 5.32 Å². The lowest BCUT2D eigenvalue weighted by Crippen LogP contribution is -2.43. The van der Waals surface area contributed by atoms with Crippen molar-refractivity contribution in [3.05, 3.63) is 77.0 Å². The van der Waals surface area contributed by atoms with E-state index in [4.69, 9.17) is 4.74 Å². The molecule has 1 heterocycles. The van der Waals surface area contributed by atoms with Gasteiger partial charge in [0, 0.05) is 17.7 Å². The molecule has 3 N–H and O–H groups in total. The smallest absolute Gasteiger partial charge is 0.357 e. The summed E-state index contributed by atoms with van der Waals surface area (Å²) in [5.41, 5.74) is 8.02. The lowest BCUT2D eigenvalue weighted by molar-refractivity contribution is -0.151. The molecular formula is C21H21N3O4. The van der Waals surface area contributed by atoms with Gasteiger partial charge in [-0.15, -0.1) is 0 Å². The summed E-state index contributed by atoms with van der Waals surface area (Å²) in [6.07, 6.45) is 0.336. The molecule has 0 unspecified atom stereocenters. The number of ether oxygens (including phenoxy) is 1. The SMILES string of the molecule is Cc1ccc(C)c(NC(=O)[C@@H](OC(=O)C2=CCC(=O)NN2)c2ccccc2)c1. The molecule has 0 bridgehead atoms. The third-order valence-electron chi connectivity index (χ3n) is 4.26. The van der Waals surface area contributed by atoms with Crippen LogP contribution in [0.5, 0.6) is 0 Å². The molecule has 0 saturated carbocycles. The average Bonchev–Trinajstić information content (AvgIpc) is 2.70. The van der Waals surface area contributed by atoms with E-state index < -0.39 is 18.0 Å². The maximum absolute atomic E-state index is 12.9. The molecule has 3 rings (SSSR count). The van der Waals surface area contributed by atoms with Gasteiger partial charge in [0.15, 0.2) is 0 Å². The summed E-state index contributed by atoms with van der Waals surface area (Å²) in [5, 5.41) is 2.84. The number of rotatable bonds is 5. The van der Waals surface area contributed by atoms with Gasteiger partial charge in [0.2, 0.25) is 12.0 Å². The van der Waals surface area contributed by atoms with Crippen LogP contribution >= 0.6 is 0 Å². The fourth-order valence-electron chi connectivity index (χ4n) is 2.71. The van der Waals surface area contributed by atoms with Gasteiger partial charge in [-0.3, -0.25) is 20.4 Å². The molecule has 1 atom stereocenters. The molecule has 1 aliphatic rings. The predicted molar refractivity (Wildman–Crippen MR) is 104 cm³/mol. The molecule has 2 aromatic carbocycles. The van der Waals surface area contributed by atoms with Crippen molar-refractivity contribution in [3.63, 3.8) is 0 Å². The van der Waals surface area contributed by atoms with Crippen molar-refractivity contribution in [2.45, 2.75) is 26.4 Å². The zero-order valence-electron chi connectivity index (χ0n) is 15.6. The zero-order chi connectivity index (χ0) is 20.1. The van der Waals surface area contributed by atoms with E-state index in [1.165, 1.54) is 6.08 Å². The highest BCUT2D eigenvalue weighted by molar-refractivity contribution is 5.98. The van der Waals surface area contributed by atoms with Crippen molar-refractivity contribution in [1.82, 2.24) is 10.9 Å². The van der Waals surface area contributed by atoms with E-state index in [2.05, 4.69) is 16.2 Å². The molecule has 0 fully saturated rings. The van der Waals surface area contributed by atoms with Crippen molar-refractivity contribution in [1.29, 1.82) is 0 Å². The summed E-state index contributed by atoms with van der Waals surface area (Å²) in [4.78, 5) is 36.6. The monoisotopic (exact) mass is 379 g/mol. The van der Waals surface area contributed by atoms with Gasteiger partial charge in [-0.2, -0.15) is 0 Å². The highest BCUT2D eigenvalue weighted by Gasteiger charge is 2.28. The van der Waals surface area contributed by atoms with Crippen LogP contribution in [0.1, 0.15) is 29.2 Å². The number of anilines is 1. The molecule has 7 nitrogen and oxygen atoms in total. The lowest BCUT2D eigenvalue weighted by Gasteiger charge is -2.21. The van der Waals surface area contributed by atoms with Crippen LogP contribution in [-0.2, 0) is 19.1 Å². The summed E-state index contributed by atoms with van der Waals surface area (Å²) in [5.74, 6) is -1.46. The average molecular weight is 379 g/mol. The number of carbonyl (C=O) groups is 3. The van der Waals surface area contributed by atoms with E-state index in [9.17, 15) is 14.4 Å². The Morgan fingerprint density at radius 2 is 1.82 bits per heavy atom. The van der Waals surface area contributed by atoms with Crippen LogP contribution in [0.15, 0.2) is 60.3 Å². The molecule has 1 aliphatic heterocycles. The Balaban J connectivity index is 1.83. The summed E-state index contributed by atoms with van der Waals surface area (Å²) in [6.45, 7) is 3.82. The molecule has 0 spiro atoms. The quantitative estimate of drug-likeness (QED) is 0.694. The minimum atomic E-state index is -1.14. The number of esters is 1. The molecule has 0 saturated heterocycles. The van der Waals surface area contributed by atoms with Crippen LogP contribution in [0.2, 0.25) is 0 Å². The van der Waals surface area contributed by atoms with Gasteiger partial charge in [-0.05, 0) is 37.1 Å². The van der Waals surface area contributed by atoms with E-state index in [0.717, 1.165) is 11.1 Å². The van der Waals surface area contributed by atoms with Crippen LogP contribution < -0.4 is 16.2 Å². The van der Waals surface area contributed by atoms with Crippen LogP contribution in [-0.4, -0.2) is 17.8 Å². The largest absolute Gasteiger partial charge is 0.443 e. The maximum Gasteiger partial charge on any atom is 0.357 e. The Labute approximate surface area is 162 Å². The number of hydrazine groups is 1. The molecule has 28 heavy (non-hydrogen) atoms. The van der Waals surface area contributed by atoms with Crippen LogP contribution in [0.25, 0.3) is 0 Å². The third kappa shape index (κ3) is 4.56. The van der Waals surface area contributed by atoms with Gasteiger partial charge >= 0.3 is 5.97 Å². The second-order valence-corrected chi connectivity index (χ2v) is 6.50. The minimum absolute atomic E-state index is 0.0577. The fourth-order valence-corrected chi connectivity index (χ4v) is 2.71. The molecular weight excluding hydrogens is 358 g/mol. The van der Waals surface area contributed by atoms with E-state index in [1.54, 1.807) is 24.3 Å². The van der Waals surface area contributed by atoms with Gasteiger partial charge < -0.3 is 10.1 Å². The third-order valence-corrected chi connectivity index (χ3v) is 4.26. The van der Waals surface area contributed by atoms with Crippen molar-refractivity contribution < 1.29 is 19.1 Å². The minimum Gasteiger partial charge on any atom is -0.443 e. The summed E-state index contributed by atoms with van der Waals surface area (Å²) >= 11 is 0. The molecule has 2 amide bonds. The van der Waals surface area contributed by atoms with Crippen LogP contribution in [0, 0.1) is 13.8 Å². The van der Waals surface area contributed by atoms with Crippen LogP contribution in [0.3, 0.4) is 0 Å². The number of hydrogen-bond donors (Lipinski definition) is 3. The molecule has 0 aliphatic carbocycles. The van der Waals surface area contributed by atoms with Gasteiger partial charge in [-0.1, -0.05) is 42.5 Å². The second-order valence-electron chi connectivity index (χ2n) is 6.50. The van der Waals surface area contributed by atoms with Crippen molar-refractivity contribution in [3.8, 4) is 0 Å². The Hall–Kier alpha value is -3.61. The maximum atomic E-state index is 12.9. The zero-order valence-corrected chi connectivity index (χ0v) is 15.6. The van der Waals surface area contributed by atoms with E-state index >= 15 is 0 Å². The highest BCUT2D eigenvalue weighted by atomic mass is 16.5. The number of aryl methyl sites for hydroxylation is 2. The number of carbonyl (C=O) groups excluding carboxylic acids is 3. The Morgan fingerprint density at radius 1 is 1.07 bits per heavy atom. The number of amides is 2.